The molecule has 0 radical (unpaired) electrons. The average Bonchev–Trinajstić information content (AvgIpc) is 3.36. The van der Waals surface area contributed by atoms with Gasteiger partial charge in [0.1, 0.15) is 0 Å². The second-order valence-corrected chi connectivity index (χ2v) is 11.0. The number of nitrogens with one attached hydrogen (secondary N) is 1. The lowest BCUT2D eigenvalue weighted by Crippen LogP contribution is -2.46. The number of unbranched alkanes of at least 4 members (excludes halogenated alkanes) is 2. The van der Waals surface area contributed by atoms with Crippen molar-refractivity contribution in [1.82, 2.24) is 20.0 Å². The molecule has 0 saturated carbocycles. The van der Waals surface area contributed by atoms with Crippen LogP contribution < -0.4 is 10.2 Å². The SMILES string of the molecule is CN(C)CCNC(=O)c1ccc2c(c1)CN(C(=O)CCCCCN1CCN(c3cccc(C(F)(F)F)c3)CC1)C2. The van der Waals surface area contributed by atoms with Gasteiger partial charge in [-0.25, -0.2) is 0 Å². The number of amides is 2. The van der Waals surface area contributed by atoms with Crippen molar-refractivity contribution in [3.8, 4) is 0 Å². The lowest BCUT2D eigenvalue weighted by molar-refractivity contribution is -0.137. The normalized spacial score (nSPS) is 15.9. The first kappa shape index (κ1) is 29.9. The van der Waals surface area contributed by atoms with Gasteiger partial charge in [0.05, 0.1) is 5.56 Å². The Balaban J connectivity index is 1.12. The molecular formula is C30H40F3N5O2. The largest absolute Gasteiger partial charge is 0.416 e. The molecule has 7 nitrogen and oxygen atoms in total. The summed E-state index contributed by atoms with van der Waals surface area (Å²) in [6.45, 7) is 6.47. The number of fused-ring (bicyclic) bond motifs is 1. The molecule has 2 aliphatic heterocycles. The van der Waals surface area contributed by atoms with Gasteiger partial charge in [-0.1, -0.05) is 18.6 Å². The summed E-state index contributed by atoms with van der Waals surface area (Å²) >= 11 is 0. The van der Waals surface area contributed by atoms with E-state index >= 15 is 0 Å². The van der Waals surface area contributed by atoms with Gasteiger partial charge in [0, 0.05) is 70.0 Å². The Labute approximate surface area is 234 Å². The standard InChI is InChI=1S/C30H40F3N5O2/c1-35(2)14-12-34-29(40)23-10-11-24-21-38(22-25(24)19-23)28(39)9-4-3-5-13-36-15-17-37(18-16-36)27-8-6-7-26(20-27)30(31,32)33/h6-8,10-11,19-20H,3-5,9,12-18,21-22H2,1-2H3,(H,34,40). The molecule has 1 fully saturated rings. The summed E-state index contributed by atoms with van der Waals surface area (Å²) in [5.41, 5.74) is 2.78. The summed E-state index contributed by atoms with van der Waals surface area (Å²) in [6, 6.07) is 11.2. The summed E-state index contributed by atoms with van der Waals surface area (Å²) in [4.78, 5) is 33.5. The summed E-state index contributed by atoms with van der Waals surface area (Å²) < 4.78 is 39.1. The molecule has 4 rings (SSSR count). The van der Waals surface area contributed by atoms with Crippen LogP contribution >= 0.6 is 0 Å². The summed E-state index contributed by atoms with van der Waals surface area (Å²) in [7, 11) is 3.93. The molecule has 0 atom stereocenters. The van der Waals surface area contributed by atoms with E-state index in [9.17, 15) is 22.8 Å². The molecule has 40 heavy (non-hydrogen) atoms. The zero-order valence-corrected chi connectivity index (χ0v) is 23.5. The van der Waals surface area contributed by atoms with Gasteiger partial charge in [0.2, 0.25) is 5.91 Å². The van der Waals surface area contributed by atoms with Crippen LogP contribution in [0.15, 0.2) is 42.5 Å². The number of likely N-dealkylation sites (N-methyl/N-ethyl adjacent to an activating group) is 1. The van der Waals surface area contributed by atoms with E-state index in [1.165, 1.54) is 12.1 Å². The minimum absolute atomic E-state index is 0.0912. The quantitative estimate of drug-likeness (QED) is 0.418. The van der Waals surface area contributed by atoms with E-state index in [0.29, 0.717) is 50.4 Å². The lowest BCUT2D eigenvalue weighted by atomic mass is 10.1. The molecule has 2 amide bonds. The van der Waals surface area contributed by atoms with Crippen LogP contribution in [0.25, 0.3) is 0 Å². The van der Waals surface area contributed by atoms with Crippen LogP contribution in [-0.2, 0) is 24.1 Å². The molecular weight excluding hydrogens is 519 g/mol. The van der Waals surface area contributed by atoms with E-state index < -0.39 is 11.7 Å². The Kier molecular flexibility index (Phi) is 10.1. The molecule has 0 bridgehead atoms. The van der Waals surface area contributed by atoms with Crippen molar-refractivity contribution >= 4 is 17.5 Å². The number of carbonyl (C=O) groups excluding carboxylic acids is 2. The first-order valence-electron chi connectivity index (χ1n) is 14.1. The number of anilines is 1. The highest BCUT2D eigenvalue weighted by Gasteiger charge is 2.31. The molecule has 0 unspecified atom stereocenters. The highest BCUT2D eigenvalue weighted by atomic mass is 19.4. The molecule has 0 spiro atoms. The van der Waals surface area contributed by atoms with Gasteiger partial charge in [0.15, 0.2) is 0 Å². The lowest BCUT2D eigenvalue weighted by Gasteiger charge is -2.36. The fraction of sp³-hybridized carbons (Fsp3) is 0.533. The zero-order chi connectivity index (χ0) is 28.7. The number of hydrogen-bond donors (Lipinski definition) is 1. The van der Waals surface area contributed by atoms with E-state index in [1.807, 2.05) is 47.0 Å². The number of hydrogen-bond acceptors (Lipinski definition) is 5. The molecule has 2 aromatic rings. The predicted molar refractivity (Wildman–Crippen MR) is 150 cm³/mol. The minimum Gasteiger partial charge on any atom is -0.369 e. The molecule has 0 aromatic heterocycles. The maximum Gasteiger partial charge on any atom is 0.416 e. The van der Waals surface area contributed by atoms with Gasteiger partial charge in [-0.15, -0.1) is 0 Å². The highest BCUT2D eigenvalue weighted by molar-refractivity contribution is 5.94. The Hall–Kier alpha value is -3.11. The monoisotopic (exact) mass is 559 g/mol. The van der Waals surface area contributed by atoms with Crippen molar-refractivity contribution in [2.24, 2.45) is 0 Å². The van der Waals surface area contributed by atoms with Crippen molar-refractivity contribution in [3.05, 3.63) is 64.7 Å². The first-order chi connectivity index (χ1) is 19.1. The number of halogens is 3. The molecule has 2 aromatic carbocycles. The predicted octanol–water partition coefficient (Wildman–Crippen LogP) is 4.22. The minimum atomic E-state index is -4.33. The highest BCUT2D eigenvalue weighted by Crippen LogP contribution is 2.32. The molecule has 1 N–H and O–H groups in total. The van der Waals surface area contributed by atoms with Gasteiger partial charge in [0.25, 0.3) is 5.91 Å². The fourth-order valence-corrected chi connectivity index (χ4v) is 5.26. The van der Waals surface area contributed by atoms with E-state index in [0.717, 1.165) is 62.6 Å². The van der Waals surface area contributed by atoms with Crippen molar-refractivity contribution in [2.75, 3.05) is 64.8 Å². The molecule has 2 heterocycles. The van der Waals surface area contributed by atoms with Gasteiger partial charge in [-0.05, 0) is 74.9 Å². The van der Waals surface area contributed by atoms with Crippen LogP contribution in [0.5, 0.6) is 0 Å². The Morgan fingerprint density at radius 3 is 2.40 bits per heavy atom. The van der Waals surface area contributed by atoms with Gasteiger partial charge >= 0.3 is 6.18 Å². The van der Waals surface area contributed by atoms with E-state index in [4.69, 9.17) is 0 Å². The maximum atomic E-state index is 13.0. The molecule has 2 aliphatic rings. The van der Waals surface area contributed by atoms with E-state index in [2.05, 4.69) is 10.2 Å². The average molecular weight is 560 g/mol. The molecule has 218 valence electrons. The van der Waals surface area contributed by atoms with Crippen LogP contribution in [0, 0.1) is 0 Å². The Bertz CT molecular complexity index is 1160. The van der Waals surface area contributed by atoms with E-state index in [-0.39, 0.29) is 11.8 Å². The maximum absolute atomic E-state index is 13.0. The molecule has 1 saturated heterocycles. The third-order valence-electron chi connectivity index (χ3n) is 7.66. The molecule has 0 aliphatic carbocycles. The Morgan fingerprint density at radius 1 is 0.925 bits per heavy atom. The molecule has 10 heteroatoms. The van der Waals surface area contributed by atoms with Crippen LogP contribution in [0.2, 0.25) is 0 Å². The van der Waals surface area contributed by atoms with Gasteiger partial charge in [-0.2, -0.15) is 13.2 Å². The fourth-order valence-electron chi connectivity index (χ4n) is 5.26. The second kappa shape index (κ2) is 13.5. The van der Waals surface area contributed by atoms with Crippen molar-refractivity contribution in [1.29, 1.82) is 0 Å². The summed E-state index contributed by atoms with van der Waals surface area (Å²) in [5.74, 6) is 0.0504. The number of nitrogens with zero attached hydrogens (tertiary/aromatic N) is 4. The zero-order valence-electron chi connectivity index (χ0n) is 23.5. The third kappa shape index (κ3) is 8.20. The number of alkyl halides is 3. The topological polar surface area (TPSA) is 59.1 Å². The van der Waals surface area contributed by atoms with Crippen LogP contribution in [0.1, 0.15) is 52.7 Å². The summed E-state index contributed by atoms with van der Waals surface area (Å²) in [6.07, 6.45) is -1.04. The van der Waals surface area contributed by atoms with E-state index in [1.54, 1.807) is 6.07 Å². The number of benzene rings is 2. The van der Waals surface area contributed by atoms with Crippen LogP contribution in [0.4, 0.5) is 18.9 Å². The van der Waals surface area contributed by atoms with Crippen molar-refractivity contribution in [3.63, 3.8) is 0 Å². The van der Waals surface area contributed by atoms with Crippen molar-refractivity contribution < 1.29 is 22.8 Å². The number of piperazine rings is 1. The number of carbonyl (C=O) groups is 2. The summed E-state index contributed by atoms with van der Waals surface area (Å²) in [5, 5.41) is 2.93. The smallest absolute Gasteiger partial charge is 0.369 e. The van der Waals surface area contributed by atoms with Crippen LogP contribution in [0.3, 0.4) is 0 Å². The van der Waals surface area contributed by atoms with Crippen molar-refractivity contribution in [2.45, 2.75) is 44.9 Å². The van der Waals surface area contributed by atoms with Crippen LogP contribution in [-0.4, -0.2) is 86.4 Å². The first-order valence-corrected chi connectivity index (χ1v) is 14.1. The second-order valence-electron chi connectivity index (χ2n) is 11.0. The Morgan fingerprint density at radius 2 is 1.68 bits per heavy atom. The third-order valence-corrected chi connectivity index (χ3v) is 7.66. The van der Waals surface area contributed by atoms with Gasteiger partial charge < -0.3 is 20.0 Å². The number of rotatable bonds is 11. The van der Waals surface area contributed by atoms with Gasteiger partial charge in [-0.3, -0.25) is 14.5 Å².